The highest BCUT2D eigenvalue weighted by Gasteiger charge is 2.45. The molecule has 2 atom stereocenters. The molecule has 1 aliphatic rings. The molecule has 0 saturated heterocycles. The molecule has 0 fully saturated rings. The highest BCUT2D eigenvalue weighted by atomic mass is 32.2. The van der Waals surface area contributed by atoms with Crippen LogP contribution < -0.4 is 4.74 Å². The molecule has 0 radical (unpaired) electrons. The molecular formula is C17H19NO5S. The van der Waals surface area contributed by atoms with E-state index < -0.39 is 28.8 Å². The van der Waals surface area contributed by atoms with E-state index >= 15 is 0 Å². The number of hydrogen-bond acceptors (Lipinski definition) is 5. The van der Waals surface area contributed by atoms with E-state index in [9.17, 15) is 18.6 Å². The van der Waals surface area contributed by atoms with Gasteiger partial charge in [0.15, 0.2) is 0 Å². The van der Waals surface area contributed by atoms with Crippen molar-refractivity contribution in [2.75, 3.05) is 13.7 Å². The fraction of sp³-hybridized carbons (Fsp3) is 0.294. The number of fused-ring (bicyclic) bond motifs is 1. The van der Waals surface area contributed by atoms with Gasteiger partial charge in [-0.25, -0.2) is 8.42 Å². The summed E-state index contributed by atoms with van der Waals surface area (Å²) >= 11 is 0. The lowest BCUT2D eigenvalue weighted by Crippen LogP contribution is -2.36. The quantitative estimate of drug-likeness (QED) is 0.849. The minimum Gasteiger partial charge on any atom is -0.497 e. The van der Waals surface area contributed by atoms with E-state index in [1.807, 2.05) is 0 Å². The van der Waals surface area contributed by atoms with Crippen LogP contribution in [-0.2, 0) is 16.6 Å². The lowest BCUT2D eigenvalue weighted by atomic mass is 10.0. The third-order valence-electron chi connectivity index (χ3n) is 4.18. The summed E-state index contributed by atoms with van der Waals surface area (Å²) in [5.41, 5.74) is 1.27. The van der Waals surface area contributed by atoms with E-state index in [0.29, 0.717) is 11.3 Å². The van der Waals surface area contributed by atoms with E-state index in [0.717, 1.165) is 5.56 Å². The first-order valence-corrected chi connectivity index (χ1v) is 8.95. The van der Waals surface area contributed by atoms with E-state index in [4.69, 9.17) is 4.74 Å². The second kappa shape index (κ2) is 6.52. The Morgan fingerprint density at radius 3 is 2.46 bits per heavy atom. The molecule has 128 valence electrons. The number of rotatable bonds is 5. The SMILES string of the molecule is COc1ccc(CN2[C@@H]([C@@H](O)CO)c3ccccc3S2(=O)=O)cc1. The predicted octanol–water partition coefficient (Wildman–Crippen LogP) is 1.29. The van der Waals surface area contributed by atoms with Gasteiger partial charge in [0.05, 0.1) is 30.8 Å². The number of benzene rings is 2. The first kappa shape index (κ1) is 16.9. The first-order chi connectivity index (χ1) is 11.5. The summed E-state index contributed by atoms with van der Waals surface area (Å²) in [5, 5.41) is 19.5. The Labute approximate surface area is 141 Å². The smallest absolute Gasteiger partial charge is 0.244 e. The number of nitrogens with zero attached hydrogens (tertiary/aromatic N) is 1. The summed E-state index contributed by atoms with van der Waals surface area (Å²) in [5.74, 6) is 0.679. The van der Waals surface area contributed by atoms with Crippen molar-refractivity contribution in [2.24, 2.45) is 0 Å². The molecule has 1 heterocycles. The largest absolute Gasteiger partial charge is 0.497 e. The van der Waals surface area contributed by atoms with Gasteiger partial charge in [-0.15, -0.1) is 0 Å². The van der Waals surface area contributed by atoms with Crippen molar-refractivity contribution in [1.29, 1.82) is 0 Å². The average molecular weight is 349 g/mol. The van der Waals surface area contributed by atoms with Crippen LogP contribution in [0.2, 0.25) is 0 Å². The van der Waals surface area contributed by atoms with Gasteiger partial charge in [0.25, 0.3) is 0 Å². The zero-order chi connectivity index (χ0) is 17.3. The maximum Gasteiger partial charge on any atom is 0.244 e. The zero-order valence-electron chi connectivity index (χ0n) is 13.2. The molecule has 0 unspecified atom stereocenters. The standard InChI is InChI=1S/C17H19NO5S/c1-23-13-8-6-12(7-9-13)10-18-17(15(20)11-19)14-4-2-3-5-16(14)24(18,21)22/h2-9,15,17,19-20H,10-11H2,1H3/t15-,17+/m0/s1. The van der Waals surface area contributed by atoms with Crippen molar-refractivity contribution < 1.29 is 23.4 Å². The van der Waals surface area contributed by atoms with E-state index in [-0.39, 0.29) is 11.4 Å². The monoisotopic (exact) mass is 349 g/mol. The van der Waals surface area contributed by atoms with Crippen molar-refractivity contribution in [2.45, 2.75) is 23.6 Å². The Morgan fingerprint density at radius 1 is 1.17 bits per heavy atom. The summed E-state index contributed by atoms with van der Waals surface area (Å²) < 4.78 is 32.0. The number of aliphatic hydroxyl groups is 2. The number of aliphatic hydroxyl groups excluding tert-OH is 2. The van der Waals surface area contributed by atoms with Gasteiger partial charge in [-0.1, -0.05) is 30.3 Å². The van der Waals surface area contributed by atoms with Gasteiger partial charge in [-0.05, 0) is 29.3 Å². The third kappa shape index (κ3) is 2.80. The molecule has 2 N–H and O–H groups in total. The van der Waals surface area contributed by atoms with Crippen LogP contribution in [0, 0.1) is 0 Å². The molecule has 3 rings (SSSR count). The Kier molecular flexibility index (Phi) is 4.60. The van der Waals surface area contributed by atoms with E-state index in [1.54, 1.807) is 49.6 Å². The van der Waals surface area contributed by atoms with Crippen LogP contribution in [-0.4, -0.2) is 42.8 Å². The minimum atomic E-state index is -3.73. The fourth-order valence-electron chi connectivity index (χ4n) is 2.98. The Morgan fingerprint density at radius 2 is 1.83 bits per heavy atom. The van der Waals surface area contributed by atoms with Crippen LogP contribution in [0.15, 0.2) is 53.4 Å². The molecule has 0 aromatic heterocycles. The maximum absolute atomic E-state index is 12.9. The number of hydrogen-bond donors (Lipinski definition) is 2. The average Bonchev–Trinajstić information content (AvgIpc) is 2.83. The Hall–Kier alpha value is -1.93. The van der Waals surface area contributed by atoms with Gasteiger partial charge >= 0.3 is 0 Å². The lowest BCUT2D eigenvalue weighted by Gasteiger charge is -2.26. The molecule has 24 heavy (non-hydrogen) atoms. The van der Waals surface area contributed by atoms with Crippen molar-refractivity contribution >= 4 is 10.0 Å². The molecule has 6 nitrogen and oxygen atoms in total. The molecule has 0 aliphatic carbocycles. The van der Waals surface area contributed by atoms with Crippen LogP contribution in [0.3, 0.4) is 0 Å². The second-order valence-electron chi connectivity index (χ2n) is 5.63. The number of methoxy groups -OCH3 is 1. The van der Waals surface area contributed by atoms with Crippen LogP contribution in [0.5, 0.6) is 5.75 Å². The Balaban J connectivity index is 2.01. The summed E-state index contributed by atoms with van der Waals surface area (Å²) in [6, 6.07) is 12.8. The highest BCUT2D eigenvalue weighted by Crippen LogP contribution is 2.42. The molecule has 0 amide bonds. The third-order valence-corrected chi connectivity index (χ3v) is 6.08. The maximum atomic E-state index is 12.9. The van der Waals surface area contributed by atoms with Crippen LogP contribution >= 0.6 is 0 Å². The first-order valence-electron chi connectivity index (χ1n) is 7.51. The fourth-order valence-corrected chi connectivity index (χ4v) is 4.85. The summed E-state index contributed by atoms with van der Waals surface area (Å²) in [6.07, 6.45) is -1.19. The van der Waals surface area contributed by atoms with Gasteiger partial charge in [0.2, 0.25) is 10.0 Å². The molecule has 7 heteroatoms. The van der Waals surface area contributed by atoms with Crippen molar-refractivity contribution in [1.82, 2.24) is 4.31 Å². The molecular weight excluding hydrogens is 330 g/mol. The van der Waals surface area contributed by atoms with Crippen molar-refractivity contribution in [3.8, 4) is 5.75 Å². The lowest BCUT2D eigenvalue weighted by molar-refractivity contribution is 0.0382. The molecule has 0 saturated carbocycles. The Bertz CT molecular complexity index is 819. The van der Waals surface area contributed by atoms with Gasteiger partial charge in [0, 0.05) is 6.54 Å². The van der Waals surface area contributed by atoms with Crippen LogP contribution in [0.1, 0.15) is 17.2 Å². The summed E-state index contributed by atoms with van der Waals surface area (Å²) in [6.45, 7) is -0.420. The molecule has 0 bridgehead atoms. The zero-order valence-corrected chi connectivity index (χ0v) is 14.0. The molecule has 0 spiro atoms. The predicted molar refractivity (Wildman–Crippen MR) is 88.0 cm³/mol. The summed E-state index contributed by atoms with van der Waals surface area (Å²) in [7, 11) is -2.17. The van der Waals surface area contributed by atoms with E-state index in [1.165, 1.54) is 10.4 Å². The topological polar surface area (TPSA) is 87.1 Å². The number of sulfonamides is 1. The van der Waals surface area contributed by atoms with Crippen molar-refractivity contribution in [3.63, 3.8) is 0 Å². The molecule has 1 aliphatic heterocycles. The minimum absolute atomic E-state index is 0.0999. The molecule has 2 aromatic rings. The van der Waals surface area contributed by atoms with Crippen molar-refractivity contribution in [3.05, 3.63) is 59.7 Å². The number of ether oxygens (including phenoxy) is 1. The second-order valence-corrected chi connectivity index (χ2v) is 7.49. The van der Waals surface area contributed by atoms with Gasteiger partial charge < -0.3 is 14.9 Å². The van der Waals surface area contributed by atoms with Gasteiger partial charge in [-0.2, -0.15) is 4.31 Å². The van der Waals surface area contributed by atoms with Gasteiger partial charge in [0.1, 0.15) is 5.75 Å². The van der Waals surface area contributed by atoms with Gasteiger partial charge in [-0.3, -0.25) is 0 Å². The van der Waals surface area contributed by atoms with Crippen LogP contribution in [0.25, 0.3) is 0 Å². The summed E-state index contributed by atoms with van der Waals surface area (Å²) in [4.78, 5) is 0.177. The van der Waals surface area contributed by atoms with Crippen LogP contribution in [0.4, 0.5) is 0 Å². The highest BCUT2D eigenvalue weighted by molar-refractivity contribution is 7.89. The normalized spacial score (nSPS) is 20.5. The van der Waals surface area contributed by atoms with E-state index in [2.05, 4.69) is 0 Å². The molecule has 2 aromatic carbocycles.